The minimum absolute atomic E-state index is 0.101. The number of benzene rings is 3. The fourth-order valence-corrected chi connectivity index (χ4v) is 5.21. The maximum absolute atomic E-state index is 11.3. The van der Waals surface area contributed by atoms with Crippen molar-refractivity contribution < 1.29 is 19.4 Å². The number of anilines is 1. The molecule has 1 unspecified atom stereocenters. The van der Waals surface area contributed by atoms with E-state index in [-0.39, 0.29) is 13.0 Å². The fourth-order valence-electron chi connectivity index (χ4n) is 5.21. The normalized spacial score (nSPS) is 15.3. The molecule has 8 nitrogen and oxygen atoms in total. The second kappa shape index (κ2) is 10.1. The zero-order valence-corrected chi connectivity index (χ0v) is 20.8. The highest BCUT2D eigenvalue weighted by atomic mass is 16.5. The van der Waals surface area contributed by atoms with Crippen LogP contribution in [0.2, 0.25) is 0 Å². The van der Waals surface area contributed by atoms with Crippen molar-refractivity contribution in [3.05, 3.63) is 84.2 Å². The number of carboxylic acids is 1. The van der Waals surface area contributed by atoms with Gasteiger partial charge in [-0.2, -0.15) is 5.10 Å². The van der Waals surface area contributed by atoms with Gasteiger partial charge in [0.2, 0.25) is 0 Å². The summed E-state index contributed by atoms with van der Waals surface area (Å²) in [6.07, 6.45) is 2.64. The number of nitrogens with two attached hydrogens (primary N) is 1. The minimum Gasteiger partial charge on any atom is -0.487 e. The van der Waals surface area contributed by atoms with Crippen LogP contribution < -0.4 is 10.5 Å². The van der Waals surface area contributed by atoms with E-state index in [1.807, 2.05) is 35.0 Å². The highest BCUT2D eigenvalue weighted by Gasteiger charge is 2.20. The SMILES string of the molecule is Nc1nccc2c(-c3ccc4c(c3)c(COc3ccccc3CC(=O)O)nn4CC3CCOC3)cccc12. The summed E-state index contributed by atoms with van der Waals surface area (Å²) in [5, 5.41) is 17.2. The third-order valence-electron chi connectivity index (χ3n) is 7.11. The number of carboxylic acid groups (broad SMARTS) is 1. The third kappa shape index (κ3) is 4.66. The van der Waals surface area contributed by atoms with Gasteiger partial charge in [-0.1, -0.05) is 42.5 Å². The molecule has 3 aromatic carbocycles. The van der Waals surface area contributed by atoms with Gasteiger partial charge >= 0.3 is 5.97 Å². The molecule has 192 valence electrons. The van der Waals surface area contributed by atoms with Crippen LogP contribution in [0.15, 0.2) is 72.9 Å². The van der Waals surface area contributed by atoms with Crippen molar-refractivity contribution in [1.29, 1.82) is 0 Å². The summed E-state index contributed by atoms with van der Waals surface area (Å²) < 4.78 is 13.8. The summed E-state index contributed by atoms with van der Waals surface area (Å²) in [4.78, 5) is 15.6. The number of para-hydroxylation sites is 1. The van der Waals surface area contributed by atoms with Gasteiger partial charge in [0.25, 0.3) is 0 Å². The average molecular weight is 509 g/mol. The highest BCUT2D eigenvalue weighted by Crippen LogP contribution is 2.34. The van der Waals surface area contributed by atoms with Crippen LogP contribution in [0.5, 0.6) is 5.75 Å². The van der Waals surface area contributed by atoms with E-state index in [2.05, 4.69) is 29.2 Å². The molecular formula is C30H28N4O4. The lowest BCUT2D eigenvalue weighted by Gasteiger charge is -2.10. The molecule has 6 rings (SSSR count). The van der Waals surface area contributed by atoms with E-state index in [0.717, 1.165) is 64.7 Å². The Hall–Kier alpha value is -4.43. The van der Waals surface area contributed by atoms with Crippen LogP contribution in [0, 0.1) is 5.92 Å². The fraction of sp³-hybridized carbons (Fsp3) is 0.233. The Morgan fingerprint density at radius 1 is 1.08 bits per heavy atom. The number of ether oxygens (including phenoxy) is 2. The second-order valence-corrected chi connectivity index (χ2v) is 9.65. The van der Waals surface area contributed by atoms with Crippen LogP contribution in [0.25, 0.3) is 32.8 Å². The summed E-state index contributed by atoms with van der Waals surface area (Å²) in [5.41, 5.74) is 10.7. The standard InChI is InChI=1S/C30H28N4O4/c31-30-24-6-3-5-22(23(24)10-12-32-30)20-8-9-27-25(14-20)26(33-34(27)16-19-11-13-37-17-19)18-38-28-7-2-1-4-21(28)15-29(35)36/h1-10,12,14,19H,11,13,15-18H2,(H2,31,32)(H,35,36). The Morgan fingerprint density at radius 3 is 2.82 bits per heavy atom. The first-order valence-electron chi connectivity index (χ1n) is 12.7. The van der Waals surface area contributed by atoms with Crippen LogP contribution in [0.1, 0.15) is 17.7 Å². The Labute approximate surface area is 219 Å². The maximum atomic E-state index is 11.3. The zero-order chi connectivity index (χ0) is 26.1. The first-order valence-corrected chi connectivity index (χ1v) is 12.7. The summed E-state index contributed by atoms with van der Waals surface area (Å²) in [7, 11) is 0. The number of fused-ring (bicyclic) bond motifs is 2. The smallest absolute Gasteiger partial charge is 0.307 e. The van der Waals surface area contributed by atoms with Gasteiger partial charge in [-0.15, -0.1) is 0 Å². The average Bonchev–Trinajstić information content (AvgIpc) is 3.56. The van der Waals surface area contributed by atoms with Crippen molar-refractivity contribution >= 4 is 33.5 Å². The van der Waals surface area contributed by atoms with E-state index < -0.39 is 5.97 Å². The molecule has 2 aromatic heterocycles. The molecule has 0 radical (unpaired) electrons. The molecule has 1 atom stereocenters. The summed E-state index contributed by atoms with van der Waals surface area (Å²) in [6.45, 7) is 2.50. The molecule has 3 N–H and O–H groups in total. The lowest BCUT2D eigenvalue weighted by atomic mass is 9.97. The largest absolute Gasteiger partial charge is 0.487 e. The maximum Gasteiger partial charge on any atom is 0.307 e. The van der Waals surface area contributed by atoms with Crippen molar-refractivity contribution in [3.63, 3.8) is 0 Å². The Morgan fingerprint density at radius 2 is 1.97 bits per heavy atom. The van der Waals surface area contributed by atoms with Crippen LogP contribution in [-0.4, -0.2) is 39.1 Å². The molecule has 0 bridgehead atoms. The first-order chi connectivity index (χ1) is 18.6. The third-order valence-corrected chi connectivity index (χ3v) is 7.11. The lowest BCUT2D eigenvalue weighted by Crippen LogP contribution is -2.12. The van der Waals surface area contributed by atoms with Crippen molar-refractivity contribution in [2.75, 3.05) is 18.9 Å². The van der Waals surface area contributed by atoms with E-state index >= 15 is 0 Å². The molecule has 0 aliphatic carbocycles. The molecule has 0 amide bonds. The van der Waals surface area contributed by atoms with E-state index in [4.69, 9.17) is 20.3 Å². The Bertz CT molecular complexity index is 1640. The van der Waals surface area contributed by atoms with Gasteiger partial charge in [-0.05, 0) is 47.2 Å². The van der Waals surface area contributed by atoms with Gasteiger partial charge in [-0.25, -0.2) is 4.98 Å². The molecule has 1 aliphatic heterocycles. The number of carbonyl (C=O) groups is 1. The van der Waals surface area contributed by atoms with Gasteiger partial charge < -0.3 is 20.3 Å². The first kappa shape index (κ1) is 23.9. The molecule has 1 aliphatic rings. The molecule has 38 heavy (non-hydrogen) atoms. The Balaban J connectivity index is 1.41. The van der Waals surface area contributed by atoms with Crippen molar-refractivity contribution in [2.24, 2.45) is 5.92 Å². The molecule has 3 heterocycles. The highest BCUT2D eigenvalue weighted by molar-refractivity contribution is 6.02. The molecule has 5 aromatic rings. The van der Waals surface area contributed by atoms with Crippen molar-refractivity contribution in [3.8, 4) is 16.9 Å². The number of nitrogen functional groups attached to an aromatic ring is 1. The van der Waals surface area contributed by atoms with E-state index in [1.165, 1.54) is 0 Å². The predicted molar refractivity (Wildman–Crippen MR) is 146 cm³/mol. The van der Waals surface area contributed by atoms with Gasteiger partial charge in [0.05, 0.1) is 18.5 Å². The second-order valence-electron chi connectivity index (χ2n) is 9.65. The zero-order valence-electron chi connectivity index (χ0n) is 20.8. The molecular weight excluding hydrogens is 480 g/mol. The molecule has 1 fully saturated rings. The number of rotatable bonds is 8. The van der Waals surface area contributed by atoms with E-state index in [0.29, 0.717) is 23.0 Å². The molecule has 0 saturated carbocycles. The minimum atomic E-state index is -0.898. The van der Waals surface area contributed by atoms with E-state index in [1.54, 1.807) is 18.3 Å². The van der Waals surface area contributed by atoms with Crippen molar-refractivity contribution in [1.82, 2.24) is 14.8 Å². The number of hydrogen-bond acceptors (Lipinski definition) is 6. The van der Waals surface area contributed by atoms with Gasteiger partial charge in [-0.3, -0.25) is 9.48 Å². The predicted octanol–water partition coefficient (Wildman–Crippen LogP) is 5.08. The van der Waals surface area contributed by atoms with Gasteiger partial charge in [0.1, 0.15) is 23.9 Å². The molecule has 1 saturated heterocycles. The number of hydrogen-bond donors (Lipinski definition) is 2. The van der Waals surface area contributed by atoms with Crippen molar-refractivity contribution in [2.45, 2.75) is 26.0 Å². The summed E-state index contributed by atoms with van der Waals surface area (Å²) in [5.74, 6) is 0.572. The van der Waals surface area contributed by atoms with Crippen LogP contribution in [0.3, 0.4) is 0 Å². The lowest BCUT2D eigenvalue weighted by molar-refractivity contribution is -0.136. The van der Waals surface area contributed by atoms with E-state index in [9.17, 15) is 9.90 Å². The van der Waals surface area contributed by atoms with Crippen LogP contribution >= 0.6 is 0 Å². The van der Waals surface area contributed by atoms with Gasteiger partial charge in [0, 0.05) is 41.6 Å². The summed E-state index contributed by atoms with van der Waals surface area (Å²) in [6, 6.07) is 21.7. The van der Waals surface area contributed by atoms with Crippen LogP contribution in [-0.2, 0) is 29.1 Å². The van der Waals surface area contributed by atoms with Gasteiger partial charge in [0.15, 0.2) is 0 Å². The topological polar surface area (TPSA) is 112 Å². The van der Waals surface area contributed by atoms with Crippen LogP contribution in [0.4, 0.5) is 5.82 Å². The quantitative estimate of drug-likeness (QED) is 0.301. The molecule has 0 spiro atoms. The summed E-state index contributed by atoms with van der Waals surface area (Å²) >= 11 is 0. The molecule has 8 heteroatoms. The number of aliphatic carboxylic acids is 1. The number of aromatic nitrogens is 3. The Kier molecular flexibility index (Phi) is 6.39. The number of nitrogens with zero attached hydrogens (tertiary/aromatic N) is 3. The monoisotopic (exact) mass is 508 g/mol. The number of pyridine rings is 1.